The number of rotatable bonds is 6. The topological polar surface area (TPSA) is 30.5 Å². The Labute approximate surface area is 116 Å². The lowest BCUT2D eigenvalue weighted by Gasteiger charge is -2.27. The molecule has 3 heteroatoms. The van der Waals surface area contributed by atoms with Gasteiger partial charge in [0.1, 0.15) is 18.1 Å². The Balaban J connectivity index is 1.63. The third kappa shape index (κ3) is 4.75. The van der Waals surface area contributed by atoms with Gasteiger partial charge >= 0.3 is 0 Å². The Kier molecular flexibility index (Phi) is 5.52. The molecule has 1 N–H and O–H groups in total. The van der Waals surface area contributed by atoms with E-state index in [0.29, 0.717) is 6.04 Å². The quantitative estimate of drug-likeness (QED) is 0.799. The summed E-state index contributed by atoms with van der Waals surface area (Å²) in [6, 6.07) is 8.42. The van der Waals surface area contributed by atoms with Crippen LogP contribution in [-0.4, -0.2) is 26.3 Å². The largest absolute Gasteiger partial charge is 0.497 e. The number of hydrogen-bond acceptors (Lipinski definition) is 3. The standard InChI is InChI=1S/C16H25NO2/c1-13-4-3-5-14(12-13)17-10-11-19-16-8-6-15(18-2)7-9-16/h6-9,13-14,17H,3-5,10-12H2,1-2H3. The van der Waals surface area contributed by atoms with Gasteiger partial charge in [0.05, 0.1) is 7.11 Å². The first kappa shape index (κ1) is 14.2. The normalized spacial score (nSPS) is 23.1. The van der Waals surface area contributed by atoms with Gasteiger partial charge in [0.2, 0.25) is 0 Å². The summed E-state index contributed by atoms with van der Waals surface area (Å²) in [6.45, 7) is 3.99. The van der Waals surface area contributed by atoms with Gasteiger partial charge in [-0.3, -0.25) is 0 Å². The van der Waals surface area contributed by atoms with Gasteiger partial charge in [-0.25, -0.2) is 0 Å². The summed E-state index contributed by atoms with van der Waals surface area (Å²) < 4.78 is 10.8. The molecule has 1 aliphatic rings. The SMILES string of the molecule is COc1ccc(OCCNC2CCCC(C)C2)cc1. The second-order valence-corrected chi connectivity index (χ2v) is 5.45. The maximum absolute atomic E-state index is 5.71. The summed E-state index contributed by atoms with van der Waals surface area (Å²) in [5, 5.41) is 3.60. The first-order chi connectivity index (χ1) is 9.28. The van der Waals surface area contributed by atoms with E-state index in [4.69, 9.17) is 9.47 Å². The highest BCUT2D eigenvalue weighted by atomic mass is 16.5. The van der Waals surface area contributed by atoms with E-state index < -0.39 is 0 Å². The van der Waals surface area contributed by atoms with Crippen molar-refractivity contribution in [3.8, 4) is 11.5 Å². The van der Waals surface area contributed by atoms with Crippen molar-refractivity contribution in [2.24, 2.45) is 5.92 Å². The summed E-state index contributed by atoms with van der Waals surface area (Å²) in [4.78, 5) is 0. The van der Waals surface area contributed by atoms with Crippen molar-refractivity contribution in [1.29, 1.82) is 0 Å². The zero-order chi connectivity index (χ0) is 13.5. The van der Waals surface area contributed by atoms with Crippen LogP contribution < -0.4 is 14.8 Å². The molecule has 2 unspecified atom stereocenters. The molecular weight excluding hydrogens is 238 g/mol. The second kappa shape index (κ2) is 7.39. The minimum Gasteiger partial charge on any atom is -0.497 e. The fourth-order valence-electron chi connectivity index (χ4n) is 2.72. The molecule has 0 spiro atoms. The molecule has 0 amide bonds. The molecule has 0 radical (unpaired) electrons. The Morgan fingerprint density at radius 1 is 1.16 bits per heavy atom. The van der Waals surface area contributed by atoms with Crippen LogP contribution in [0.4, 0.5) is 0 Å². The summed E-state index contributed by atoms with van der Waals surface area (Å²) in [5.41, 5.74) is 0. The van der Waals surface area contributed by atoms with Crippen LogP contribution >= 0.6 is 0 Å². The van der Waals surface area contributed by atoms with Crippen LogP contribution in [0.15, 0.2) is 24.3 Å². The lowest BCUT2D eigenvalue weighted by Crippen LogP contribution is -2.36. The van der Waals surface area contributed by atoms with E-state index in [2.05, 4.69) is 12.2 Å². The van der Waals surface area contributed by atoms with Crippen molar-refractivity contribution in [3.63, 3.8) is 0 Å². The Morgan fingerprint density at radius 3 is 2.58 bits per heavy atom. The fourth-order valence-corrected chi connectivity index (χ4v) is 2.72. The Hall–Kier alpha value is -1.22. The van der Waals surface area contributed by atoms with Crippen molar-refractivity contribution in [1.82, 2.24) is 5.32 Å². The summed E-state index contributed by atoms with van der Waals surface area (Å²) in [5.74, 6) is 2.63. The number of benzene rings is 1. The van der Waals surface area contributed by atoms with Crippen LogP contribution in [0.1, 0.15) is 32.6 Å². The van der Waals surface area contributed by atoms with E-state index in [9.17, 15) is 0 Å². The highest BCUT2D eigenvalue weighted by molar-refractivity contribution is 5.31. The molecule has 0 aromatic heterocycles. The van der Waals surface area contributed by atoms with Gasteiger partial charge in [-0.2, -0.15) is 0 Å². The highest BCUT2D eigenvalue weighted by Gasteiger charge is 2.17. The number of ether oxygens (including phenoxy) is 2. The average molecular weight is 263 g/mol. The third-order valence-corrected chi connectivity index (χ3v) is 3.80. The monoisotopic (exact) mass is 263 g/mol. The smallest absolute Gasteiger partial charge is 0.119 e. The Morgan fingerprint density at radius 2 is 1.89 bits per heavy atom. The van der Waals surface area contributed by atoms with E-state index in [0.717, 1.165) is 30.6 Å². The third-order valence-electron chi connectivity index (χ3n) is 3.80. The molecule has 19 heavy (non-hydrogen) atoms. The van der Waals surface area contributed by atoms with E-state index >= 15 is 0 Å². The fraction of sp³-hybridized carbons (Fsp3) is 0.625. The number of hydrogen-bond donors (Lipinski definition) is 1. The minimum atomic E-state index is 0.684. The van der Waals surface area contributed by atoms with Crippen LogP contribution in [0.2, 0.25) is 0 Å². The summed E-state index contributed by atoms with van der Waals surface area (Å²) >= 11 is 0. The molecule has 1 fully saturated rings. The molecule has 1 aliphatic carbocycles. The van der Waals surface area contributed by atoms with Gasteiger partial charge in [-0.1, -0.05) is 19.8 Å². The summed E-state index contributed by atoms with van der Waals surface area (Å²) in [7, 11) is 1.67. The number of nitrogens with one attached hydrogen (secondary N) is 1. The molecule has 1 saturated carbocycles. The molecule has 1 aromatic rings. The van der Waals surface area contributed by atoms with Gasteiger partial charge in [0.25, 0.3) is 0 Å². The molecule has 0 saturated heterocycles. The molecule has 1 aromatic carbocycles. The molecular formula is C16H25NO2. The minimum absolute atomic E-state index is 0.684. The van der Waals surface area contributed by atoms with Gasteiger partial charge in [0, 0.05) is 12.6 Å². The van der Waals surface area contributed by atoms with Crippen molar-refractivity contribution in [3.05, 3.63) is 24.3 Å². The zero-order valence-electron chi connectivity index (χ0n) is 12.0. The maximum Gasteiger partial charge on any atom is 0.119 e. The predicted molar refractivity (Wildman–Crippen MR) is 77.9 cm³/mol. The van der Waals surface area contributed by atoms with Crippen LogP contribution in [0.3, 0.4) is 0 Å². The molecule has 0 bridgehead atoms. The van der Waals surface area contributed by atoms with Crippen molar-refractivity contribution in [2.75, 3.05) is 20.3 Å². The predicted octanol–water partition coefficient (Wildman–Crippen LogP) is 3.24. The molecule has 2 rings (SSSR count). The van der Waals surface area contributed by atoms with Crippen molar-refractivity contribution < 1.29 is 9.47 Å². The van der Waals surface area contributed by atoms with Gasteiger partial charge < -0.3 is 14.8 Å². The molecule has 0 aliphatic heterocycles. The van der Waals surface area contributed by atoms with Crippen LogP contribution in [0.25, 0.3) is 0 Å². The molecule has 2 atom stereocenters. The average Bonchev–Trinajstić information content (AvgIpc) is 2.44. The summed E-state index contributed by atoms with van der Waals surface area (Å²) in [6.07, 6.45) is 5.37. The van der Waals surface area contributed by atoms with Crippen molar-refractivity contribution >= 4 is 0 Å². The van der Waals surface area contributed by atoms with Crippen LogP contribution in [0, 0.1) is 5.92 Å². The van der Waals surface area contributed by atoms with Crippen LogP contribution in [0.5, 0.6) is 11.5 Å². The van der Waals surface area contributed by atoms with Gasteiger partial charge in [-0.15, -0.1) is 0 Å². The van der Waals surface area contributed by atoms with Gasteiger partial charge in [-0.05, 0) is 43.0 Å². The molecule has 3 nitrogen and oxygen atoms in total. The van der Waals surface area contributed by atoms with E-state index in [-0.39, 0.29) is 0 Å². The zero-order valence-corrected chi connectivity index (χ0v) is 12.0. The van der Waals surface area contributed by atoms with E-state index in [1.54, 1.807) is 7.11 Å². The van der Waals surface area contributed by atoms with Crippen LogP contribution in [-0.2, 0) is 0 Å². The van der Waals surface area contributed by atoms with E-state index in [1.807, 2.05) is 24.3 Å². The highest BCUT2D eigenvalue weighted by Crippen LogP contribution is 2.23. The van der Waals surface area contributed by atoms with E-state index in [1.165, 1.54) is 25.7 Å². The lowest BCUT2D eigenvalue weighted by atomic mass is 9.87. The first-order valence-electron chi connectivity index (χ1n) is 7.28. The van der Waals surface area contributed by atoms with Gasteiger partial charge in [0.15, 0.2) is 0 Å². The first-order valence-corrected chi connectivity index (χ1v) is 7.28. The Bertz CT molecular complexity index is 364. The lowest BCUT2D eigenvalue weighted by molar-refractivity contribution is 0.266. The molecule has 0 heterocycles. The maximum atomic E-state index is 5.71. The second-order valence-electron chi connectivity index (χ2n) is 5.45. The number of methoxy groups -OCH3 is 1. The van der Waals surface area contributed by atoms with Crippen molar-refractivity contribution in [2.45, 2.75) is 38.6 Å². The molecule has 106 valence electrons.